The number of allylic oxidation sites excluding steroid dienone is 28. The van der Waals surface area contributed by atoms with Crippen molar-refractivity contribution in [2.75, 3.05) is 13.2 Å². The predicted molar refractivity (Wildman–Crippen MR) is 287 cm³/mol. The van der Waals surface area contributed by atoms with Crippen molar-refractivity contribution in [1.82, 2.24) is 0 Å². The van der Waals surface area contributed by atoms with Crippen molar-refractivity contribution >= 4 is 11.9 Å². The monoisotopic (exact) mass is 905 g/mol. The van der Waals surface area contributed by atoms with Gasteiger partial charge in [0.1, 0.15) is 6.61 Å². The van der Waals surface area contributed by atoms with Crippen LogP contribution >= 0.6 is 0 Å². The average Bonchev–Trinajstić information content (AvgIpc) is 3.32. The number of hydrogen-bond acceptors (Lipinski definition) is 5. The number of ether oxygens (including phenoxy) is 2. The molecule has 0 aliphatic rings. The molecule has 0 aromatic heterocycles. The number of hydrogen-bond donors (Lipinski definition) is 1. The van der Waals surface area contributed by atoms with Crippen molar-refractivity contribution in [2.24, 2.45) is 0 Å². The zero-order chi connectivity index (χ0) is 47.7. The van der Waals surface area contributed by atoms with Crippen molar-refractivity contribution in [1.29, 1.82) is 0 Å². The maximum Gasteiger partial charge on any atom is 0.306 e. The Morgan fingerprint density at radius 3 is 0.939 bits per heavy atom. The highest BCUT2D eigenvalue weighted by Gasteiger charge is 2.16. The molecule has 66 heavy (non-hydrogen) atoms. The van der Waals surface area contributed by atoms with Gasteiger partial charge in [0.05, 0.1) is 6.61 Å². The lowest BCUT2D eigenvalue weighted by Crippen LogP contribution is -2.28. The fourth-order valence-corrected chi connectivity index (χ4v) is 6.22. The third kappa shape index (κ3) is 51.9. The van der Waals surface area contributed by atoms with Crippen LogP contribution in [0, 0.1) is 0 Å². The number of rotatable bonds is 44. The van der Waals surface area contributed by atoms with E-state index in [1.54, 1.807) is 0 Å². The quantitative estimate of drug-likeness (QED) is 0.0375. The first kappa shape index (κ1) is 61.3. The molecule has 0 amide bonds. The molecule has 0 aliphatic carbocycles. The topological polar surface area (TPSA) is 72.8 Å². The molecule has 0 fully saturated rings. The summed E-state index contributed by atoms with van der Waals surface area (Å²) >= 11 is 0. The zero-order valence-corrected chi connectivity index (χ0v) is 41.6. The summed E-state index contributed by atoms with van der Waals surface area (Å²) in [7, 11) is 0. The van der Waals surface area contributed by atoms with Gasteiger partial charge in [0, 0.05) is 12.8 Å². The van der Waals surface area contributed by atoms with E-state index < -0.39 is 6.10 Å². The Bertz CT molecular complexity index is 1540. The average molecular weight is 905 g/mol. The smallest absolute Gasteiger partial charge is 0.306 e. The van der Waals surface area contributed by atoms with E-state index in [2.05, 4.69) is 184 Å². The fourth-order valence-electron chi connectivity index (χ4n) is 6.22. The molecule has 1 unspecified atom stereocenters. The van der Waals surface area contributed by atoms with Gasteiger partial charge in [-0.05, 0) is 128 Å². The van der Waals surface area contributed by atoms with Crippen LogP contribution in [0.2, 0.25) is 0 Å². The van der Waals surface area contributed by atoms with Crippen LogP contribution in [-0.4, -0.2) is 36.4 Å². The summed E-state index contributed by atoms with van der Waals surface area (Å²) in [5.74, 6) is -0.673. The molecule has 1 N–H and O–H groups in total. The molecule has 5 nitrogen and oxygen atoms in total. The van der Waals surface area contributed by atoms with Crippen molar-refractivity contribution in [3.8, 4) is 0 Å². The molecular formula is C61H92O5. The molecule has 1 atom stereocenters. The van der Waals surface area contributed by atoms with Crippen LogP contribution < -0.4 is 0 Å². The summed E-state index contributed by atoms with van der Waals surface area (Å²) in [5, 5.41) is 9.60. The first-order valence-electron chi connectivity index (χ1n) is 25.7. The molecule has 0 bridgehead atoms. The van der Waals surface area contributed by atoms with E-state index in [4.69, 9.17) is 9.47 Å². The molecule has 0 heterocycles. The van der Waals surface area contributed by atoms with Gasteiger partial charge in [-0.15, -0.1) is 0 Å². The van der Waals surface area contributed by atoms with Gasteiger partial charge in [0.2, 0.25) is 0 Å². The van der Waals surface area contributed by atoms with Gasteiger partial charge in [-0.25, -0.2) is 0 Å². The third-order valence-electron chi connectivity index (χ3n) is 10.0. The summed E-state index contributed by atoms with van der Waals surface area (Å²) in [6, 6.07) is 0. The number of aliphatic hydroxyl groups excluding tert-OH is 1. The second-order valence-electron chi connectivity index (χ2n) is 16.1. The summed E-state index contributed by atoms with van der Waals surface area (Å²) in [6.45, 7) is 3.84. The lowest BCUT2D eigenvalue weighted by atomic mass is 10.1. The molecule has 0 spiro atoms. The second kappa shape index (κ2) is 54.6. The molecule has 0 aliphatic heterocycles. The van der Waals surface area contributed by atoms with E-state index in [-0.39, 0.29) is 25.2 Å². The minimum absolute atomic E-state index is 0.105. The van der Waals surface area contributed by atoms with E-state index in [1.807, 2.05) is 0 Å². The van der Waals surface area contributed by atoms with Crippen LogP contribution in [0.15, 0.2) is 170 Å². The van der Waals surface area contributed by atoms with E-state index in [1.165, 1.54) is 12.8 Å². The summed E-state index contributed by atoms with van der Waals surface area (Å²) in [5.41, 5.74) is 0. The number of carbonyl (C=O) groups is 2. The van der Waals surface area contributed by atoms with Gasteiger partial charge in [0.15, 0.2) is 6.10 Å². The normalized spacial score (nSPS) is 13.7. The highest BCUT2D eigenvalue weighted by molar-refractivity contribution is 5.70. The molecule has 0 rings (SSSR count). The van der Waals surface area contributed by atoms with Gasteiger partial charge < -0.3 is 14.6 Å². The van der Waals surface area contributed by atoms with Crippen LogP contribution in [0.5, 0.6) is 0 Å². The van der Waals surface area contributed by atoms with E-state index in [9.17, 15) is 14.7 Å². The Morgan fingerprint density at radius 1 is 0.348 bits per heavy atom. The highest BCUT2D eigenvalue weighted by Crippen LogP contribution is 2.11. The lowest BCUT2D eigenvalue weighted by molar-refractivity contribution is -0.161. The van der Waals surface area contributed by atoms with Gasteiger partial charge in [-0.1, -0.05) is 210 Å². The van der Waals surface area contributed by atoms with Gasteiger partial charge in [0.25, 0.3) is 0 Å². The van der Waals surface area contributed by atoms with Crippen molar-refractivity contribution in [2.45, 2.75) is 187 Å². The van der Waals surface area contributed by atoms with E-state index >= 15 is 0 Å². The Labute approximate surface area is 404 Å². The molecule has 0 aromatic rings. The van der Waals surface area contributed by atoms with Gasteiger partial charge in [-0.3, -0.25) is 9.59 Å². The standard InChI is InChI=1S/C61H92O5/c1-3-5-7-9-11-13-15-17-19-20-21-22-23-24-25-26-27-28-29-30-31-32-33-34-35-36-37-38-39-40-42-44-46-48-50-52-54-56-61(64)66-59(57-62)58-65-60(63)55-53-51-49-47-45-43-41-18-16-14-12-10-8-6-4-2/h5-8,11-14,17-19,21-22,24-25,27-28,30-31,33-34,36-37,39-41,45,47,59,62H,3-4,9-10,15-16,20,23,26,29,32,35,38,42-44,46,48-58H2,1-2H3/b7-5-,8-6-,13-11-,14-12-,19-17-,22-21-,25-24-,28-27-,31-30-,34-33-,37-36-,40-39-,41-18-,47-45-. The molecule has 5 heteroatoms. The summed E-state index contributed by atoms with van der Waals surface area (Å²) < 4.78 is 10.6. The van der Waals surface area contributed by atoms with Crippen LogP contribution in [-0.2, 0) is 19.1 Å². The summed E-state index contributed by atoms with van der Waals surface area (Å²) in [6.07, 6.45) is 85.9. The minimum atomic E-state index is -0.810. The maximum atomic E-state index is 12.3. The van der Waals surface area contributed by atoms with Crippen LogP contribution in [0.1, 0.15) is 181 Å². The molecule has 0 radical (unpaired) electrons. The number of esters is 2. The summed E-state index contributed by atoms with van der Waals surface area (Å²) in [4.78, 5) is 24.4. The Morgan fingerprint density at radius 2 is 0.606 bits per heavy atom. The molecule has 0 saturated carbocycles. The van der Waals surface area contributed by atoms with Crippen LogP contribution in [0.3, 0.4) is 0 Å². The first-order chi connectivity index (χ1) is 32.6. The zero-order valence-electron chi connectivity index (χ0n) is 41.6. The van der Waals surface area contributed by atoms with E-state index in [0.29, 0.717) is 12.8 Å². The second-order valence-corrected chi connectivity index (χ2v) is 16.1. The Kier molecular flexibility index (Phi) is 50.7. The SMILES string of the molecule is CC/C=C\C/C=C\C/C=C\C/C=C\C/C=C\C/C=C\C/C=C\C/C=C\C/C=C\C/C=C\CCCCCCCCC(=O)OC(CO)COC(=O)CCCC/C=C\C/C=C\C/C=C\C/C=C\CC. The van der Waals surface area contributed by atoms with Crippen LogP contribution in [0.4, 0.5) is 0 Å². The number of unbranched alkanes of at least 4 members (excludes halogenated alkanes) is 8. The Hall–Kier alpha value is -4.74. The highest BCUT2D eigenvalue weighted by atomic mass is 16.6. The van der Waals surface area contributed by atoms with Crippen molar-refractivity contribution in [3.05, 3.63) is 170 Å². The van der Waals surface area contributed by atoms with Crippen molar-refractivity contribution in [3.63, 3.8) is 0 Å². The maximum absolute atomic E-state index is 12.3. The number of carbonyl (C=O) groups excluding carboxylic acids is 2. The molecule has 0 aromatic carbocycles. The van der Waals surface area contributed by atoms with Gasteiger partial charge in [-0.2, -0.15) is 0 Å². The predicted octanol–water partition coefficient (Wildman–Crippen LogP) is 17.4. The fraction of sp³-hybridized carbons (Fsp3) is 0.508. The molecule has 0 saturated heterocycles. The largest absolute Gasteiger partial charge is 0.462 e. The Balaban J connectivity index is 3.69. The van der Waals surface area contributed by atoms with Crippen molar-refractivity contribution < 1.29 is 24.2 Å². The molecular weight excluding hydrogens is 813 g/mol. The van der Waals surface area contributed by atoms with E-state index in [0.717, 1.165) is 141 Å². The van der Waals surface area contributed by atoms with Gasteiger partial charge >= 0.3 is 11.9 Å². The molecule has 366 valence electrons. The lowest BCUT2D eigenvalue weighted by Gasteiger charge is -2.15. The number of aliphatic hydroxyl groups is 1. The first-order valence-corrected chi connectivity index (χ1v) is 25.7. The third-order valence-corrected chi connectivity index (χ3v) is 10.0. The minimum Gasteiger partial charge on any atom is -0.462 e. The van der Waals surface area contributed by atoms with Crippen LogP contribution in [0.25, 0.3) is 0 Å².